The number of para-hydroxylation sites is 1. The molecule has 0 bridgehead atoms. The van der Waals surface area contributed by atoms with Crippen molar-refractivity contribution in [2.24, 2.45) is 0 Å². The van der Waals surface area contributed by atoms with E-state index < -0.39 is 17.7 Å². The molecular formula is C16H25N3O3. The Morgan fingerprint density at radius 1 is 1.32 bits per heavy atom. The van der Waals surface area contributed by atoms with E-state index in [4.69, 9.17) is 10.5 Å². The lowest BCUT2D eigenvalue weighted by Crippen LogP contribution is -2.47. The molecule has 22 heavy (non-hydrogen) atoms. The third kappa shape index (κ3) is 5.27. The molecule has 0 unspecified atom stereocenters. The number of nitrogen functional groups attached to an aromatic ring is 1. The number of carbonyl (C=O) groups excluding carboxylic acids is 2. The number of hydrogen-bond donors (Lipinski definition) is 2. The number of rotatable bonds is 4. The van der Waals surface area contributed by atoms with Gasteiger partial charge in [0, 0.05) is 19.3 Å². The van der Waals surface area contributed by atoms with Gasteiger partial charge in [0.25, 0.3) is 0 Å². The molecule has 1 atom stereocenters. The standard InChI is InChI=1S/C16H25N3O3/c1-11(19(5)15(21)22-16(2,3)4)14(20)18-10-12-8-6-7-9-13(12)17/h6-9,11H,10,17H2,1-5H3,(H,18,20)/t11-/m0/s1. The zero-order chi connectivity index (χ0) is 16.9. The zero-order valence-corrected chi connectivity index (χ0v) is 13.8. The number of amides is 2. The molecule has 1 rings (SSSR count). The molecule has 6 heteroatoms. The Balaban J connectivity index is 2.58. The minimum Gasteiger partial charge on any atom is -0.444 e. The summed E-state index contributed by atoms with van der Waals surface area (Å²) in [4.78, 5) is 25.3. The second-order valence-electron chi connectivity index (χ2n) is 6.18. The van der Waals surface area contributed by atoms with Crippen molar-refractivity contribution in [1.29, 1.82) is 0 Å². The summed E-state index contributed by atoms with van der Waals surface area (Å²) in [6.45, 7) is 7.30. The van der Waals surface area contributed by atoms with Crippen molar-refractivity contribution in [1.82, 2.24) is 10.2 Å². The topological polar surface area (TPSA) is 84.7 Å². The van der Waals surface area contributed by atoms with Gasteiger partial charge in [-0.1, -0.05) is 18.2 Å². The number of nitrogens with one attached hydrogen (secondary N) is 1. The lowest BCUT2D eigenvalue weighted by Gasteiger charge is -2.28. The number of carbonyl (C=O) groups is 2. The lowest BCUT2D eigenvalue weighted by molar-refractivity contribution is -0.125. The first-order valence-corrected chi connectivity index (χ1v) is 7.18. The molecule has 1 aromatic rings. The Morgan fingerprint density at radius 2 is 1.91 bits per heavy atom. The minimum absolute atomic E-state index is 0.267. The molecule has 0 aliphatic carbocycles. The second-order valence-corrected chi connectivity index (χ2v) is 6.18. The Labute approximate surface area is 131 Å². The van der Waals surface area contributed by atoms with Gasteiger partial charge in [0.2, 0.25) is 5.91 Å². The van der Waals surface area contributed by atoms with Crippen LogP contribution >= 0.6 is 0 Å². The van der Waals surface area contributed by atoms with Crippen LogP contribution in [0.15, 0.2) is 24.3 Å². The Kier molecular flexibility index (Phi) is 5.79. The molecule has 3 N–H and O–H groups in total. The van der Waals surface area contributed by atoms with Crippen molar-refractivity contribution < 1.29 is 14.3 Å². The summed E-state index contributed by atoms with van der Waals surface area (Å²) >= 11 is 0. The van der Waals surface area contributed by atoms with E-state index in [1.165, 1.54) is 11.9 Å². The highest BCUT2D eigenvalue weighted by molar-refractivity contribution is 5.85. The fourth-order valence-electron chi connectivity index (χ4n) is 1.69. The van der Waals surface area contributed by atoms with Crippen LogP contribution in [0, 0.1) is 0 Å². The predicted octanol–water partition coefficient (Wildman–Crippen LogP) is 2.14. The summed E-state index contributed by atoms with van der Waals surface area (Å²) in [5.74, 6) is -0.267. The largest absolute Gasteiger partial charge is 0.444 e. The van der Waals surface area contributed by atoms with Crippen molar-refractivity contribution in [3.63, 3.8) is 0 Å². The molecule has 0 aliphatic heterocycles. The summed E-state index contributed by atoms with van der Waals surface area (Å²) in [5, 5.41) is 2.77. The third-order valence-corrected chi connectivity index (χ3v) is 3.15. The first kappa shape index (κ1) is 17.8. The van der Waals surface area contributed by atoms with Crippen LogP contribution in [0.2, 0.25) is 0 Å². The highest BCUT2D eigenvalue weighted by Crippen LogP contribution is 2.12. The predicted molar refractivity (Wildman–Crippen MR) is 86.2 cm³/mol. The number of nitrogens with two attached hydrogens (primary N) is 1. The van der Waals surface area contributed by atoms with Gasteiger partial charge in [-0.15, -0.1) is 0 Å². The van der Waals surface area contributed by atoms with Crippen LogP contribution in [0.5, 0.6) is 0 Å². The fraction of sp³-hybridized carbons (Fsp3) is 0.500. The molecule has 122 valence electrons. The quantitative estimate of drug-likeness (QED) is 0.835. The minimum atomic E-state index is -0.639. The molecule has 0 fully saturated rings. The van der Waals surface area contributed by atoms with Crippen LogP contribution in [-0.4, -0.2) is 35.6 Å². The molecule has 0 saturated heterocycles. The van der Waals surface area contributed by atoms with E-state index in [0.717, 1.165) is 5.56 Å². The van der Waals surface area contributed by atoms with Gasteiger partial charge >= 0.3 is 6.09 Å². The van der Waals surface area contributed by atoms with Crippen LogP contribution < -0.4 is 11.1 Å². The van der Waals surface area contributed by atoms with Crippen LogP contribution in [0.4, 0.5) is 10.5 Å². The van der Waals surface area contributed by atoms with E-state index in [-0.39, 0.29) is 5.91 Å². The first-order chi connectivity index (χ1) is 10.1. The van der Waals surface area contributed by atoms with Gasteiger partial charge in [0.1, 0.15) is 11.6 Å². The fourth-order valence-corrected chi connectivity index (χ4v) is 1.69. The average Bonchev–Trinajstić information content (AvgIpc) is 2.42. The van der Waals surface area contributed by atoms with Crippen molar-refractivity contribution >= 4 is 17.7 Å². The SMILES string of the molecule is C[C@@H](C(=O)NCc1ccccc1N)N(C)C(=O)OC(C)(C)C. The van der Waals surface area contributed by atoms with Gasteiger partial charge in [-0.2, -0.15) is 0 Å². The Hall–Kier alpha value is -2.24. The van der Waals surface area contributed by atoms with Crippen molar-refractivity contribution in [3.05, 3.63) is 29.8 Å². The molecule has 0 radical (unpaired) electrons. The van der Waals surface area contributed by atoms with Gasteiger partial charge in [0.05, 0.1) is 0 Å². The second kappa shape index (κ2) is 7.15. The van der Waals surface area contributed by atoms with E-state index in [9.17, 15) is 9.59 Å². The molecule has 6 nitrogen and oxygen atoms in total. The maximum Gasteiger partial charge on any atom is 0.410 e. The number of anilines is 1. The number of ether oxygens (including phenoxy) is 1. The van der Waals surface area contributed by atoms with E-state index in [1.807, 2.05) is 18.2 Å². The van der Waals surface area contributed by atoms with Gasteiger partial charge in [-0.3, -0.25) is 9.69 Å². The first-order valence-electron chi connectivity index (χ1n) is 7.18. The van der Waals surface area contributed by atoms with E-state index in [1.54, 1.807) is 33.8 Å². The van der Waals surface area contributed by atoms with E-state index in [2.05, 4.69) is 5.32 Å². The number of hydrogen-bond acceptors (Lipinski definition) is 4. The number of nitrogens with zero attached hydrogens (tertiary/aromatic N) is 1. The van der Waals surface area contributed by atoms with E-state index in [0.29, 0.717) is 12.2 Å². The molecule has 2 amide bonds. The normalized spacial score (nSPS) is 12.4. The van der Waals surface area contributed by atoms with E-state index >= 15 is 0 Å². The van der Waals surface area contributed by atoms with Crippen molar-refractivity contribution in [2.45, 2.75) is 45.9 Å². The summed E-state index contributed by atoms with van der Waals surface area (Å²) in [6, 6.07) is 6.67. The molecule has 0 aromatic heterocycles. The summed E-state index contributed by atoms with van der Waals surface area (Å²) < 4.78 is 5.24. The smallest absolute Gasteiger partial charge is 0.410 e. The molecule has 0 spiro atoms. The maximum absolute atomic E-state index is 12.1. The van der Waals surface area contributed by atoms with Crippen molar-refractivity contribution in [2.75, 3.05) is 12.8 Å². The lowest BCUT2D eigenvalue weighted by atomic mass is 10.2. The van der Waals surface area contributed by atoms with Gasteiger partial charge in [0.15, 0.2) is 0 Å². The molecule has 0 saturated carbocycles. The molecule has 0 heterocycles. The summed E-state index contributed by atoms with van der Waals surface area (Å²) in [7, 11) is 1.54. The summed E-state index contributed by atoms with van der Waals surface area (Å²) in [5.41, 5.74) is 6.68. The highest BCUT2D eigenvalue weighted by atomic mass is 16.6. The van der Waals surface area contributed by atoms with Gasteiger partial charge in [-0.05, 0) is 39.3 Å². The molecule has 0 aliphatic rings. The number of benzene rings is 1. The molecular weight excluding hydrogens is 282 g/mol. The summed E-state index contributed by atoms with van der Waals surface area (Å²) in [6.07, 6.45) is -0.533. The van der Waals surface area contributed by atoms with Gasteiger partial charge in [-0.25, -0.2) is 4.79 Å². The maximum atomic E-state index is 12.1. The van der Waals surface area contributed by atoms with Gasteiger partial charge < -0.3 is 15.8 Å². The number of likely N-dealkylation sites (N-methyl/N-ethyl adjacent to an activating group) is 1. The van der Waals surface area contributed by atoms with Crippen LogP contribution in [0.3, 0.4) is 0 Å². The van der Waals surface area contributed by atoms with Crippen LogP contribution in [0.25, 0.3) is 0 Å². The Morgan fingerprint density at radius 3 is 2.45 bits per heavy atom. The van der Waals surface area contributed by atoms with Crippen LogP contribution in [-0.2, 0) is 16.1 Å². The van der Waals surface area contributed by atoms with Crippen molar-refractivity contribution in [3.8, 4) is 0 Å². The average molecular weight is 307 g/mol. The molecule has 1 aromatic carbocycles. The van der Waals surface area contributed by atoms with Crippen LogP contribution in [0.1, 0.15) is 33.3 Å². The monoisotopic (exact) mass is 307 g/mol. The third-order valence-electron chi connectivity index (χ3n) is 3.15. The zero-order valence-electron chi connectivity index (χ0n) is 13.8. The highest BCUT2D eigenvalue weighted by Gasteiger charge is 2.26. The Bertz CT molecular complexity index is 538.